The van der Waals surface area contributed by atoms with Crippen molar-refractivity contribution < 1.29 is 13.9 Å². The van der Waals surface area contributed by atoms with Crippen LogP contribution in [0.1, 0.15) is 24.1 Å². The Morgan fingerprint density at radius 3 is 3.00 bits per heavy atom. The SMILES string of the molecule is CCNC1COc2cc(OCc3cccc(F)c3)ccc21. The average Bonchev–Trinajstić information content (AvgIpc) is 2.88. The molecular formula is C17H18FNO2. The third kappa shape index (κ3) is 3.16. The topological polar surface area (TPSA) is 30.5 Å². The van der Waals surface area contributed by atoms with Crippen molar-refractivity contribution in [2.45, 2.75) is 19.6 Å². The lowest BCUT2D eigenvalue weighted by atomic mass is 10.1. The number of rotatable bonds is 5. The monoisotopic (exact) mass is 287 g/mol. The third-order valence-electron chi connectivity index (χ3n) is 3.51. The Bertz CT molecular complexity index is 630. The van der Waals surface area contributed by atoms with Gasteiger partial charge in [0.2, 0.25) is 0 Å². The Hall–Kier alpha value is -2.07. The van der Waals surface area contributed by atoms with Crippen molar-refractivity contribution in [1.82, 2.24) is 5.32 Å². The van der Waals surface area contributed by atoms with E-state index in [1.165, 1.54) is 12.1 Å². The Balaban J connectivity index is 1.68. The summed E-state index contributed by atoms with van der Waals surface area (Å²) in [5.41, 5.74) is 1.97. The van der Waals surface area contributed by atoms with E-state index in [-0.39, 0.29) is 11.9 Å². The first-order valence-electron chi connectivity index (χ1n) is 7.13. The summed E-state index contributed by atoms with van der Waals surface area (Å²) in [6, 6.07) is 12.5. The normalized spacial score (nSPS) is 16.4. The van der Waals surface area contributed by atoms with Gasteiger partial charge in [0.1, 0.15) is 30.5 Å². The van der Waals surface area contributed by atoms with Crippen molar-refractivity contribution in [3.63, 3.8) is 0 Å². The quantitative estimate of drug-likeness (QED) is 0.913. The van der Waals surface area contributed by atoms with Crippen molar-refractivity contribution in [3.05, 3.63) is 59.4 Å². The highest BCUT2D eigenvalue weighted by molar-refractivity contribution is 5.45. The van der Waals surface area contributed by atoms with Crippen LogP contribution in [0, 0.1) is 5.82 Å². The molecule has 0 fully saturated rings. The highest BCUT2D eigenvalue weighted by Crippen LogP contribution is 2.35. The highest BCUT2D eigenvalue weighted by Gasteiger charge is 2.23. The van der Waals surface area contributed by atoms with Gasteiger partial charge in [0.15, 0.2) is 0 Å². The van der Waals surface area contributed by atoms with E-state index in [9.17, 15) is 4.39 Å². The molecule has 4 heteroatoms. The van der Waals surface area contributed by atoms with Gasteiger partial charge >= 0.3 is 0 Å². The van der Waals surface area contributed by atoms with Crippen LogP contribution >= 0.6 is 0 Å². The molecule has 110 valence electrons. The number of hydrogen-bond acceptors (Lipinski definition) is 3. The summed E-state index contributed by atoms with van der Waals surface area (Å²) in [5, 5.41) is 3.38. The first kappa shape index (κ1) is 13.9. The first-order valence-corrected chi connectivity index (χ1v) is 7.13. The number of nitrogens with one attached hydrogen (secondary N) is 1. The average molecular weight is 287 g/mol. The van der Waals surface area contributed by atoms with Crippen LogP contribution in [-0.4, -0.2) is 13.2 Å². The number of halogens is 1. The number of ether oxygens (including phenoxy) is 2. The third-order valence-corrected chi connectivity index (χ3v) is 3.51. The van der Waals surface area contributed by atoms with Crippen LogP contribution < -0.4 is 14.8 Å². The number of likely N-dealkylation sites (N-methyl/N-ethyl adjacent to an activating group) is 1. The molecule has 1 atom stereocenters. The summed E-state index contributed by atoms with van der Waals surface area (Å²) in [6.07, 6.45) is 0. The van der Waals surface area contributed by atoms with Gasteiger partial charge in [-0.15, -0.1) is 0 Å². The molecule has 0 saturated carbocycles. The molecule has 0 bridgehead atoms. The fraction of sp³-hybridized carbons (Fsp3) is 0.294. The molecule has 3 nitrogen and oxygen atoms in total. The molecule has 0 aliphatic carbocycles. The number of hydrogen-bond donors (Lipinski definition) is 1. The van der Waals surface area contributed by atoms with Gasteiger partial charge in [-0.25, -0.2) is 4.39 Å². The van der Waals surface area contributed by atoms with Gasteiger partial charge in [-0.3, -0.25) is 0 Å². The fourth-order valence-electron chi connectivity index (χ4n) is 2.49. The molecule has 0 spiro atoms. The van der Waals surface area contributed by atoms with Crippen LogP contribution in [-0.2, 0) is 6.61 Å². The van der Waals surface area contributed by atoms with Crippen LogP contribution in [0.3, 0.4) is 0 Å². The summed E-state index contributed by atoms with van der Waals surface area (Å²) in [4.78, 5) is 0. The summed E-state index contributed by atoms with van der Waals surface area (Å²) in [6.45, 7) is 3.98. The van der Waals surface area contributed by atoms with Crippen molar-refractivity contribution in [1.29, 1.82) is 0 Å². The molecule has 0 radical (unpaired) electrons. The van der Waals surface area contributed by atoms with E-state index in [0.29, 0.717) is 13.2 Å². The Morgan fingerprint density at radius 1 is 1.29 bits per heavy atom. The molecule has 2 aromatic carbocycles. The van der Waals surface area contributed by atoms with E-state index in [2.05, 4.69) is 12.2 Å². The molecule has 0 saturated heterocycles. The zero-order chi connectivity index (χ0) is 14.7. The van der Waals surface area contributed by atoms with Crippen LogP contribution in [0.5, 0.6) is 11.5 Å². The van der Waals surface area contributed by atoms with Crippen LogP contribution in [0.4, 0.5) is 4.39 Å². The molecular weight excluding hydrogens is 269 g/mol. The fourth-order valence-corrected chi connectivity index (χ4v) is 2.49. The molecule has 3 rings (SSSR count). The van der Waals surface area contributed by atoms with E-state index in [1.54, 1.807) is 6.07 Å². The minimum absolute atomic E-state index is 0.248. The Kier molecular flexibility index (Phi) is 4.06. The maximum Gasteiger partial charge on any atom is 0.128 e. The van der Waals surface area contributed by atoms with Gasteiger partial charge in [0, 0.05) is 11.6 Å². The minimum atomic E-state index is -0.248. The smallest absolute Gasteiger partial charge is 0.128 e. The molecule has 1 N–H and O–H groups in total. The highest BCUT2D eigenvalue weighted by atomic mass is 19.1. The molecule has 0 amide bonds. The van der Waals surface area contributed by atoms with E-state index in [1.807, 2.05) is 24.3 Å². The Labute approximate surface area is 123 Å². The van der Waals surface area contributed by atoms with Crippen LogP contribution in [0.2, 0.25) is 0 Å². The largest absolute Gasteiger partial charge is 0.491 e. The predicted molar refractivity (Wildman–Crippen MR) is 79.1 cm³/mol. The lowest BCUT2D eigenvalue weighted by molar-refractivity contribution is 0.297. The van der Waals surface area contributed by atoms with E-state index in [4.69, 9.17) is 9.47 Å². The summed E-state index contributed by atoms with van der Waals surface area (Å²) in [7, 11) is 0. The van der Waals surface area contributed by atoms with Crippen molar-refractivity contribution in [2.24, 2.45) is 0 Å². The van der Waals surface area contributed by atoms with Gasteiger partial charge in [-0.05, 0) is 36.4 Å². The van der Waals surface area contributed by atoms with Crippen LogP contribution in [0.25, 0.3) is 0 Å². The van der Waals surface area contributed by atoms with Gasteiger partial charge in [0.25, 0.3) is 0 Å². The van der Waals surface area contributed by atoms with E-state index < -0.39 is 0 Å². The van der Waals surface area contributed by atoms with E-state index >= 15 is 0 Å². The maximum absolute atomic E-state index is 13.1. The number of fused-ring (bicyclic) bond motifs is 1. The second kappa shape index (κ2) is 6.14. The van der Waals surface area contributed by atoms with Gasteiger partial charge in [0.05, 0.1) is 6.04 Å². The minimum Gasteiger partial charge on any atom is -0.491 e. The lowest BCUT2D eigenvalue weighted by Gasteiger charge is -2.10. The van der Waals surface area contributed by atoms with Crippen LogP contribution in [0.15, 0.2) is 42.5 Å². The van der Waals surface area contributed by atoms with Gasteiger partial charge in [-0.2, -0.15) is 0 Å². The molecule has 0 aromatic heterocycles. The standard InChI is InChI=1S/C17H18FNO2/c1-2-19-16-11-21-17-9-14(6-7-15(16)17)20-10-12-4-3-5-13(18)8-12/h3-9,16,19H,2,10-11H2,1H3. The first-order chi connectivity index (χ1) is 10.3. The predicted octanol–water partition coefficient (Wildman–Crippen LogP) is 3.45. The summed E-state index contributed by atoms with van der Waals surface area (Å²) < 4.78 is 24.5. The molecule has 1 aliphatic rings. The maximum atomic E-state index is 13.1. The molecule has 2 aromatic rings. The van der Waals surface area contributed by atoms with Crippen molar-refractivity contribution in [2.75, 3.05) is 13.2 Å². The van der Waals surface area contributed by atoms with Gasteiger partial charge in [-0.1, -0.05) is 19.1 Å². The molecule has 1 unspecified atom stereocenters. The van der Waals surface area contributed by atoms with Crippen molar-refractivity contribution >= 4 is 0 Å². The zero-order valence-electron chi connectivity index (χ0n) is 11.9. The Morgan fingerprint density at radius 2 is 2.19 bits per heavy atom. The lowest BCUT2D eigenvalue weighted by Crippen LogP contribution is -2.21. The summed E-state index contributed by atoms with van der Waals surface area (Å²) >= 11 is 0. The second-order valence-electron chi connectivity index (χ2n) is 5.04. The summed E-state index contributed by atoms with van der Waals surface area (Å²) in [5.74, 6) is 1.34. The molecule has 1 heterocycles. The zero-order valence-corrected chi connectivity index (χ0v) is 11.9. The number of benzene rings is 2. The van der Waals surface area contributed by atoms with Crippen molar-refractivity contribution in [3.8, 4) is 11.5 Å². The second-order valence-corrected chi connectivity index (χ2v) is 5.04. The van der Waals surface area contributed by atoms with E-state index in [0.717, 1.165) is 29.2 Å². The van der Waals surface area contributed by atoms with Gasteiger partial charge < -0.3 is 14.8 Å². The molecule has 21 heavy (non-hydrogen) atoms. The molecule has 1 aliphatic heterocycles.